The monoisotopic (exact) mass is 278 g/mol. The Hall–Kier alpha value is -0.820. The Bertz CT molecular complexity index is 336. The SMILES string of the molecule is CC.CCc1cccc(CCCCCCC(C)(C)O)c1. The van der Waals surface area contributed by atoms with Gasteiger partial charge in [-0.3, -0.25) is 0 Å². The molecule has 0 aromatic heterocycles. The Morgan fingerprint density at radius 2 is 1.55 bits per heavy atom. The van der Waals surface area contributed by atoms with E-state index in [1.165, 1.54) is 36.8 Å². The van der Waals surface area contributed by atoms with Gasteiger partial charge in [0.05, 0.1) is 5.60 Å². The largest absolute Gasteiger partial charge is 0.390 e. The molecule has 0 unspecified atom stereocenters. The van der Waals surface area contributed by atoms with Crippen LogP contribution in [-0.2, 0) is 12.8 Å². The third kappa shape index (κ3) is 10.0. The molecule has 1 aromatic rings. The molecule has 0 aliphatic rings. The van der Waals surface area contributed by atoms with Crippen LogP contribution in [0.5, 0.6) is 0 Å². The number of benzene rings is 1. The molecule has 0 bridgehead atoms. The van der Waals surface area contributed by atoms with E-state index in [-0.39, 0.29) is 0 Å². The van der Waals surface area contributed by atoms with E-state index in [4.69, 9.17) is 0 Å². The number of unbranched alkanes of at least 4 members (excludes halogenated alkanes) is 3. The Morgan fingerprint density at radius 3 is 2.15 bits per heavy atom. The molecule has 1 N–H and O–H groups in total. The molecule has 0 radical (unpaired) electrons. The van der Waals surface area contributed by atoms with Gasteiger partial charge in [0.25, 0.3) is 0 Å². The molecule has 0 heterocycles. The summed E-state index contributed by atoms with van der Waals surface area (Å²) in [4.78, 5) is 0. The van der Waals surface area contributed by atoms with Crippen molar-refractivity contribution in [3.05, 3.63) is 35.4 Å². The van der Waals surface area contributed by atoms with Gasteiger partial charge in [0.1, 0.15) is 0 Å². The first-order valence-electron chi connectivity index (χ1n) is 8.31. The Labute approximate surface area is 126 Å². The van der Waals surface area contributed by atoms with Gasteiger partial charge in [-0.2, -0.15) is 0 Å². The molecule has 0 fully saturated rings. The molecule has 20 heavy (non-hydrogen) atoms. The van der Waals surface area contributed by atoms with Crippen molar-refractivity contribution in [3.8, 4) is 0 Å². The zero-order valence-corrected chi connectivity index (χ0v) is 14.2. The van der Waals surface area contributed by atoms with Crippen LogP contribution in [0.4, 0.5) is 0 Å². The van der Waals surface area contributed by atoms with Crippen molar-refractivity contribution in [1.29, 1.82) is 0 Å². The van der Waals surface area contributed by atoms with E-state index in [0.29, 0.717) is 0 Å². The van der Waals surface area contributed by atoms with Gasteiger partial charge in [0, 0.05) is 0 Å². The third-order valence-corrected chi connectivity index (χ3v) is 3.40. The summed E-state index contributed by atoms with van der Waals surface area (Å²) >= 11 is 0. The molecule has 1 rings (SSSR count). The average molecular weight is 278 g/mol. The molecule has 0 aliphatic heterocycles. The second-order valence-corrected chi connectivity index (χ2v) is 5.90. The first-order chi connectivity index (χ1) is 9.51. The van der Waals surface area contributed by atoms with E-state index >= 15 is 0 Å². The molecule has 0 amide bonds. The minimum absolute atomic E-state index is 0.491. The number of aliphatic hydroxyl groups is 1. The normalized spacial score (nSPS) is 10.9. The van der Waals surface area contributed by atoms with Gasteiger partial charge in [0.2, 0.25) is 0 Å². The number of aryl methyl sites for hydroxylation is 2. The summed E-state index contributed by atoms with van der Waals surface area (Å²) in [5, 5.41) is 9.61. The molecule has 1 nitrogen and oxygen atoms in total. The Kier molecular flexibility index (Phi) is 10.5. The maximum Gasteiger partial charge on any atom is 0.0591 e. The average Bonchev–Trinajstić information content (AvgIpc) is 2.44. The standard InChI is InChI=1S/C17H28O.C2H6/c1-4-15-11-9-12-16(14-15)10-7-5-6-8-13-17(2,3)18;1-2/h9,11-12,14,18H,4-8,10,13H2,1-3H3;1-2H3. The molecular formula is C19H34O. The first-order valence-corrected chi connectivity index (χ1v) is 8.31. The minimum Gasteiger partial charge on any atom is -0.390 e. The third-order valence-electron chi connectivity index (χ3n) is 3.40. The van der Waals surface area contributed by atoms with Crippen LogP contribution in [0.15, 0.2) is 24.3 Å². The van der Waals surface area contributed by atoms with E-state index in [1.54, 1.807) is 0 Å². The predicted octanol–water partition coefficient (Wildman–Crippen LogP) is 5.54. The number of rotatable bonds is 8. The molecule has 0 atom stereocenters. The predicted molar refractivity (Wildman–Crippen MR) is 90.3 cm³/mol. The van der Waals surface area contributed by atoms with E-state index < -0.39 is 5.60 Å². The molecular weight excluding hydrogens is 244 g/mol. The highest BCUT2D eigenvalue weighted by Crippen LogP contribution is 2.15. The molecule has 116 valence electrons. The highest BCUT2D eigenvalue weighted by atomic mass is 16.3. The zero-order valence-electron chi connectivity index (χ0n) is 14.2. The minimum atomic E-state index is -0.491. The van der Waals surface area contributed by atoms with Crippen LogP contribution in [0.25, 0.3) is 0 Å². The Morgan fingerprint density at radius 1 is 0.950 bits per heavy atom. The zero-order chi connectivity index (χ0) is 15.4. The lowest BCUT2D eigenvalue weighted by Gasteiger charge is -2.16. The van der Waals surface area contributed by atoms with Crippen LogP contribution in [0.1, 0.15) is 77.8 Å². The van der Waals surface area contributed by atoms with Crippen LogP contribution in [0.3, 0.4) is 0 Å². The summed E-state index contributed by atoms with van der Waals surface area (Å²) in [6.07, 6.45) is 8.13. The quantitative estimate of drug-likeness (QED) is 0.619. The summed E-state index contributed by atoms with van der Waals surface area (Å²) in [6.45, 7) is 9.99. The van der Waals surface area contributed by atoms with Gasteiger partial charge in [-0.25, -0.2) is 0 Å². The van der Waals surface area contributed by atoms with E-state index in [1.807, 2.05) is 27.7 Å². The fourth-order valence-electron chi connectivity index (χ4n) is 2.25. The summed E-state index contributed by atoms with van der Waals surface area (Å²) in [5.41, 5.74) is 2.42. The van der Waals surface area contributed by atoms with Crippen molar-refractivity contribution in [1.82, 2.24) is 0 Å². The van der Waals surface area contributed by atoms with Crippen molar-refractivity contribution in [2.24, 2.45) is 0 Å². The van der Waals surface area contributed by atoms with E-state index in [0.717, 1.165) is 19.3 Å². The van der Waals surface area contributed by atoms with E-state index in [2.05, 4.69) is 31.2 Å². The van der Waals surface area contributed by atoms with Crippen LogP contribution in [0.2, 0.25) is 0 Å². The highest BCUT2D eigenvalue weighted by Gasteiger charge is 2.10. The van der Waals surface area contributed by atoms with E-state index in [9.17, 15) is 5.11 Å². The molecule has 0 aliphatic carbocycles. The molecule has 1 heteroatoms. The second-order valence-electron chi connectivity index (χ2n) is 5.90. The van der Waals surface area contributed by atoms with Crippen LogP contribution < -0.4 is 0 Å². The maximum absolute atomic E-state index is 9.61. The highest BCUT2D eigenvalue weighted by molar-refractivity contribution is 5.23. The lowest BCUT2D eigenvalue weighted by atomic mass is 9.99. The molecule has 0 spiro atoms. The summed E-state index contributed by atoms with van der Waals surface area (Å²) in [7, 11) is 0. The van der Waals surface area contributed by atoms with Crippen LogP contribution in [-0.4, -0.2) is 10.7 Å². The summed E-state index contributed by atoms with van der Waals surface area (Å²) in [5.74, 6) is 0. The molecule has 0 saturated heterocycles. The van der Waals surface area contributed by atoms with Gasteiger partial charge in [-0.15, -0.1) is 0 Å². The Balaban J connectivity index is 0.00000172. The van der Waals surface area contributed by atoms with Crippen molar-refractivity contribution < 1.29 is 5.11 Å². The fraction of sp³-hybridized carbons (Fsp3) is 0.684. The number of hydrogen-bond acceptors (Lipinski definition) is 1. The topological polar surface area (TPSA) is 20.2 Å². The van der Waals surface area contributed by atoms with Gasteiger partial charge in [0.15, 0.2) is 0 Å². The van der Waals surface area contributed by atoms with Crippen LogP contribution in [0, 0.1) is 0 Å². The van der Waals surface area contributed by atoms with Crippen molar-refractivity contribution in [2.75, 3.05) is 0 Å². The van der Waals surface area contributed by atoms with Gasteiger partial charge < -0.3 is 5.11 Å². The van der Waals surface area contributed by atoms with Crippen LogP contribution >= 0.6 is 0 Å². The lowest BCUT2D eigenvalue weighted by Crippen LogP contribution is -2.17. The van der Waals surface area contributed by atoms with Crippen molar-refractivity contribution in [2.45, 2.75) is 85.2 Å². The van der Waals surface area contributed by atoms with Gasteiger partial charge in [-0.05, 0) is 50.7 Å². The number of hydrogen-bond donors (Lipinski definition) is 1. The fourth-order valence-corrected chi connectivity index (χ4v) is 2.25. The molecule has 1 aromatic carbocycles. The van der Waals surface area contributed by atoms with Gasteiger partial charge >= 0.3 is 0 Å². The van der Waals surface area contributed by atoms with Gasteiger partial charge in [-0.1, -0.05) is 64.3 Å². The molecule has 0 saturated carbocycles. The first kappa shape index (κ1) is 19.2. The second kappa shape index (κ2) is 10.9. The maximum atomic E-state index is 9.61. The lowest BCUT2D eigenvalue weighted by molar-refractivity contribution is 0.0680. The smallest absolute Gasteiger partial charge is 0.0591 e. The summed E-state index contributed by atoms with van der Waals surface area (Å²) in [6, 6.07) is 8.93. The van der Waals surface area contributed by atoms with Crippen molar-refractivity contribution in [3.63, 3.8) is 0 Å². The van der Waals surface area contributed by atoms with Crippen molar-refractivity contribution >= 4 is 0 Å². The summed E-state index contributed by atoms with van der Waals surface area (Å²) < 4.78 is 0.